The number of halogens is 1. The lowest BCUT2D eigenvalue weighted by Gasteiger charge is -2.31. The third-order valence-corrected chi connectivity index (χ3v) is 5.14. The predicted octanol–water partition coefficient (Wildman–Crippen LogP) is 3.52. The van der Waals surface area contributed by atoms with Gasteiger partial charge in [0, 0.05) is 6.61 Å². The van der Waals surface area contributed by atoms with Gasteiger partial charge in [-0.3, -0.25) is 4.79 Å². The molecule has 1 aromatic heterocycles. The molecule has 20 heavy (non-hydrogen) atoms. The normalized spacial score (nSPS) is 18.8. The minimum Gasteiger partial charge on any atom is -0.367 e. The zero-order valence-electron chi connectivity index (χ0n) is 12.3. The average molecular weight is 390 g/mol. The maximum absolute atomic E-state index is 12.1. The molecule has 0 bridgehead atoms. The van der Waals surface area contributed by atoms with E-state index in [1.54, 1.807) is 0 Å². The molecule has 4 nitrogen and oxygen atoms in total. The molecule has 0 atom stereocenters. The van der Waals surface area contributed by atoms with E-state index in [9.17, 15) is 4.79 Å². The van der Waals surface area contributed by atoms with E-state index in [0.29, 0.717) is 10.2 Å². The fraction of sp³-hybridized carbons (Fsp3) is 0.733. The van der Waals surface area contributed by atoms with Crippen molar-refractivity contribution in [2.45, 2.75) is 64.4 Å². The summed E-state index contributed by atoms with van der Waals surface area (Å²) in [5, 5.41) is 0. The molecule has 0 amide bonds. The number of aromatic nitrogens is 2. The number of aryl methyl sites for hydroxylation is 1. The Labute approximate surface area is 133 Å². The van der Waals surface area contributed by atoms with Gasteiger partial charge in [-0.15, -0.1) is 0 Å². The van der Waals surface area contributed by atoms with Crippen molar-refractivity contribution in [1.29, 1.82) is 0 Å². The first kappa shape index (κ1) is 15.9. The summed E-state index contributed by atoms with van der Waals surface area (Å²) < 4.78 is 6.80. The monoisotopic (exact) mass is 390 g/mol. The van der Waals surface area contributed by atoms with Crippen LogP contribution in [0.4, 0.5) is 0 Å². The maximum Gasteiger partial charge on any atom is 0.264 e. The molecule has 1 aliphatic carbocycles. The second kappa shape index (κ2) is 7.02. The molecular formula is C15H23IN2O2. The van der Waals surface area contributed by atoms with Gasteiger partial charge in [-0.1, -0.05) is 32.6 Å². The second-order valence-electron chi connectivity index (χ2n) is 5.37. The summed E-state index contributed by atoms with van der Waals surface area (Å²) in [4.78, 5) is 19.8. The highest BCUT2D eigenvalue weighted by Crippen LogP contribution is 2.37. The molecule has 1 heterocycles. The Morgan fingerprint density at radius 2 is 1.90 bits per heavy atom. The van der Waals surface area contributed by atoms with Crippen LogP contribution in [0.1, 0.15) is 63.9 Å². The Bertz CT molecular complexity index is 505. The SMILES string of the molecule is CCOC1(c2nc(CC)c(I)c(=O)[nH]2)CCCCCC1. The first-order chi connectivity index (χ1) is 9.63. The van der Waals surface area contributed by atoms with Gasteiger partial charge in [-0.25, -0.2) is 4.98 Å². The van der Waals surface area contributed by atoms with E-state index in [1.165, 1.54) is 12.8 Å². The van der Waals surface area contributed by atoms with Crippen LogP contribution in [0.15, 0.2) is 4.79 Å². The average Bonchev–Trinajstić information content (AvgIpc) is 2.68. The van der Waals surface area contributed by atoms with Crippen LogP contribution in [0.3, 0.4) is 0 Å². The van der Waals surface area contributed by atoms with Gasteiger partial charge in [0.15, 0.2) is 0 Å². The number of rotatable bonds is 4. The number of hydrogen-bond acceptors (Lipinski definition) is 3. The van der Waals surface area contributed by atoms with E-state index in [2.05, 4.69) is 27.6 Å². The molecule has 2 rings (SSSR count). The van der Waals surface area contributed by atoms with Gasteiger partial charge in [0.1, 0.15) is 11.4 Å². The standard InChI is InChI=1S/C15H23IN2O2/c1-3-11-12(16)13(19)18-14(17-11)15(20-4-2)9-7-5-6-8-10-15/h3-10H2,1-2H3,(H,17,18,19). The van der Waals surface area contributed by atoms with Crippen LogP contribution in [0.2, 0.25) is 0 Å². The topological polar surface area (TPSA) is 55.0 Å². The Hall–Kier alpha value is -0.430. The molecule has 5 heteroatoms. The van der Waals surface area contributed by atoms with Crippen LogP contribution >= 0.6 is 22.6 Å². The zero-order valence-corrected chi connectivity index (χ0v) is 14.5. The van der Waals surface area contributed by atoms with Crippen LogP contribution in [0.25, 0.3) is 0 Å². The van der Waals surface area contributed by atoms with Crippen LogP contribution in [0.5, 0.6) is 0 Å². The quantitative estimate of drug-likeness (QED) is 0.632. The highest BCUT2D eigenvalue weighted by molar-refractivity contribution is 14.1. The Kier molecular flexibility index (Phi) is 5.60. The molecule has 0 unspecified atom stereocenters. The molecule has 1 N–H and O–H groups in total. The molecular weight excluding hydrogens is 367 g/mol. The highest BCUT2D eigenvalue weighted by atomic mass is 127. The summed E-state index contributed by atoms with van der Waals surface area (Å²) in [7, 11) is 0. The summed E-state index contributed by atoms with van der Waals surface area (Å²) in [5.41, 5.74) is 0.460. The summed E-state index contributed by atoms with van der Waals surface area (Å²) in [6.45, 7) is 4.70. The van der Waals surface area contributed by atoms with Gasteiger partial charge >= 0.3 is 0 Å². The number of H-pyrrole nitrogens is 1. The lowest BCUT2D eigenvalue weighted by atomic mass is 9.93. The third kappa shape index (κ3) is 3.24. The van der Waals surface area contributed by atoms with Crippen LogP contribution in [-0.4, -0.2) is 16.6 Å². The molecule has 112 valence electrons. The van der Waals surface area contributed by atoms with Gasteiger partial charge in [-0.2, -0.15) is 0 Å². The van der Waals surface area contributed by atoms with E-state index >= 15 is 0 Å². The smallest absolute Gasteiger partial charge is 0.264 e. The molecule has 1 aromatic rings. The second-order valence-corrected chi connectivity index (χ2v) is 6.45. The van der Waals surface area contributed by atoms with Crippen molar-refractivity contribution < 1.29 is 4.74 Å². The first-order valence-corrected chi connectivity index (χ1v) is 8.64. The largest absolute Gasteiger partial charge is 0.367 e. The third-order valence-electron chi connectivity index (χ3n) is 4.03. The summed E-state index contributed by atoms with van der Waals surface area (Å²) in [5.74, 6) is 0.739. The Morgan fingerprint density at radius 3 is 2.45 bits per heavy atom. The number of nitrogens with one attached hydrogen (secondary N) is 1. The minimum absolute atomic E-state index is 0.0317. The zero-order chi connectivity index (χ0) is 14.6. The van der Waals surface area contributed by atoms with Gasteiger partial charge in [0.25, 0.3) is 5.56 Å². The van der Waals surface area contributed by atoms with E-state index in [0.717, 1.165) is 43.6 Å². The molecule has 0 spiro atoms. The number of aromatic amines is 1. The highest BCUT2D eigenvalue weighted by Gasteiger charge is 2.36. The lowest BCUT2D eigenvalue weighted by Crippen LogP contribution is -2.35. The molecule has 0 saturated heterocycles. The van der Waals surface area contributed by atoms with Gasteiger partial charge < -0.3 is 9.72 Å². The van der Waals surface area contributed by atoms with Crippen molar-refractivity contribution >= 4 is 22.6 Å². The Morgan fingerprint density at radius 1 is 1.25 bits per heavy atom. The minimum atomic E-state index is -0.390. The number of ether oxygens (including phenoxy) is 1. The van der Waals surface area contributed by atoms with Gasteiger partial charge in [-0.05, 0) is 48.8 Å². The molecule has 0 radical (unpaired) electrons. The van der Waals surface area contributed by atoms with Crippen molar-refractivity contribution in [1.82, 2.24) is 9.97 Å². The van der Waals surface area contributed by atoms with Crippen molar-refractivity contribution in [3.63, 3.8) is 0 Å². The molecule has 1 fully saturated rings. The fourth-order valence-corrected chi connectivity index (χ4v) is 3.62. The van der Waals surface area contributed by atoms with Crippen molar-refractivity contribution in [2.75, 3.05) is 6.61 Å². The molecule has 1 aliphatic rings. The molecule has 1 saturated carbocycles. The molecule has 0 aromatic carbocycles. The van der Waals surface area contributed by atoms with Crippen LogP contribution in [0, 0.1) is 3.57 Å². The van der Waals surface area contributed by atoms with Crippen LogP contribution < -0.4 is 5.56 Å². The fourth-order valence-electron chi connectivity index (χ4n) is 2.98. The summed E-state index contributed by atoms with van der Waals surface area (Å²) >= 11 is 2.08. The maximum atomic E-state index is 12.1. The molecule has 0 aliphatic heterocycles. The summed E-state index contributed by atoms with van der Waals surface area (Å²) in [6.07, 6.45) is 7.43. The van der Waals surface area contributed by atoms with Crippen molar-refractivity contribution in [3.05, 3.63) is 25.4 Å². The number of hydrogen-bond donors (Lipinski definition) is 1. The predicted molar refractivity (Wildman–Crippen MR) is 88.0 cm³/mol. The number of nitrogens with zero attached hydrogens (tertiary/aromatic N) is 1. The van der Waals surface area contributed by atoms with Crippen molar-refractivity contribution in [2.24, 2.45) is 0 Å². The van der Waals surface area contributed by atoms with E-state index in [4.69, 9.17) is 9.72 Å². The Balaban J connectivity index is 2.48. The van der Waals surface area contributed by atoms with E-state index in [1.807, 2.05) is 13.8 Å². The van der Waals surface area contributed by atoms with Crippen LogP contribution in [-0.2, 0) is 16.8 Å². The van der Waals surface area contributed by atoms with Crippen molar-refractivity contribution in [3.8, 4) is 0 Å². The summed E-state index contributed by atoms with van der Waals surface area (Å²) in [6, 6.07) is 0. The van der Waals surface area contributed by atoms with E-state index in [-0.39, 0.29) is 5.56 Å². The first-order valence-electron chi connectivity index (χ1n) is 7.56. The lowest BCUT2D eigenvalue weighted by molar-refractivity contribution is -0.0627. The van der Waals surface area contributed by atoms with E-state index < -0.39 is 5.60 Å². The van der Waals surface area contributed by atoms with Gasteiger partial charge in [0.05, 0.1) is 9.26 Å². The van der Waals surface area contributed by atoms with Gasteiger partial charge in [0.2, 0.25) is 0 Å².